The Kier molecular flexibility index (Phi) is 4.19. The molecule has 0 aliphatic carbocycles. The number of ether oxygens (including phenoxy) is 2. The molecule has 0 saturated carbocycles. The summed E-state index contributed by atoms with van der Waals surface area (Å²) in [6.07, 6.45) is 10.4. The second-order valence-corrected chi connectivity index (χ2v) is 5.26. The molecule has 0 saturated heterocycles. The molecule has 0 radical (unpaired) electrons. The minimum Gasteiger partial charge on any atom is -0.481 e. The molecule has 0 amide bonds. The van der Waals surface area contributed by atoms with E-state index in [0.717, 1.165) is 26.3 Å². The van der Waals surface area contributed by atoms with E-state index in [1.54, 1.807) is 0 Å². The minimum atomic E-state index is 0.226. The highest BCUT2D eigenvalue weighted by atomic mass is 32.1. The van der Waals surface area contributed by atoms with Crippen molar-refractivity contribution < 1.29 is 9.47 Å². The molecule has 2 aromatic carbocycles. The predicted molar refractivity (Wildman–Crippen MR) is 95.3 cm³/mol. The molecule has 0 aliphatic rings. The number of terminal acetylenes is 2. The smallest absolute Gasteiger partial charge is 0.148 e. The van der Waals surface area contributed by atoms with E-state index in [-0.39, 0.29) is 13.2 Å². The molecule has 23 heavy (non-hydrogen) atoms. The lowest BCUT2D eigenvalue weighted by Crippen LogP contribution is -1.95. The highest BCUT2D eigenvalue weighted by molar-refractivity contribution is 7.72. The largest absolute Gasteiger partial charge is 0.481 e. The summed E-state index contributed by atoms with van der Waals surface area (Å²) in [5.41, 5.74) is 1.76. The SMILES string of the molecule is C#CCOc1ccc2c(=S)c3ccc(OCC#C)cc3[nH]c2c1. The predicted octanol–water partition coefficient (Wildman–Crippen LogP) is 4.07. The van der Waals surface area contributed by atoms with Crippen molar-refractivity contribution in [2.75, 3.05) is 13.2 Å². The third-order valence-corrected chi connectivity index (χ3v) is 3.82. The molecule has 0 atom stereocenters. The van der Waals surface area contributed by atoms with E-state index < -0.39 is 0 Å². The first-order valence-electron chi connectivity index (χ1n) is 6.95. The Morgan fingerprint density at radius 3 is 1.78 bits per heavy atom. The van der Waals surface area contributed by atoms with Gasteiger partial charge in [-0.1, -0.05) is 24.1 Å². The fraction of sp³-hybridized carbons (Fsp3) is 0.105. The van der Waals surface area contributed by atoms with Gasteiger partial charge < -0.3 is 14.5 Å². The fourth-order valence-electron chi connectivity index (χ4n) is 2.37. The van der Waals surface area contributed by atoms with E-state index in [9.17, 15) is 0 Å². The second-order valence-electron chi connectivity index (χ2n) is 4.85. The maximum atomic E-state index is 5.59. The Bertz CT molecular complexity index is 943. The van der Waals surface area contributed by atoms with Gasteiger partial charge in [0.1, 0.15) is 24.7 Å². The number of aromatic nitrogens is 1. The van der Waals surface area contributed by atoms with E-state index in [0.29, 0.717) is 11.5 Å². The number of hydrogen-bond donors (Lipinski definition) is 1. The third kappa shape index (κ3) is 2.99. The molecule has 3 rings (SSSR count). The van der Waals surface area contributed by atoms with Gasteiger partial charge in [0.2, 0.25) is 0 Å². The molecule has 1 aromatic heterocycles. The summed E-state index contributed by atoms with van der Waals surface area (Å²) in [7, 11) is 0. The summed E-state index contributed by atoms with van der Waals surface area (Å²) in [4.78, 5) is 3.35. The van der Waals surface area contributed by atoms with Crippen LogP contribution in [0.15, 0.2) is 36.4 Å². The first-order valence-corrected chi connectivity index (χ1v) is 7.36. The number of rotatable bonds is 4. The lowest BCUT2D eigenvalue weighted by molar-refractivity contribution is 0.371. The summed E-state index contributed by atoms with van der Waals surface area (Å²) in [6, 6.07) is 11.4. The molecular formula is C19H13NO2S. The Balaban J connectivity index is 2.14. The van der Waals surface area contributed by atoms with Crippen LogP contribution >= 0.6 is 12.2 Å². The van der Waals surface area contributed by atoms with Crippen LogP contribution in [0, 0.1) is 29.2 Å². The van der Waals surface area contributed by atoms with Crippen LogP contribution < -0.4 is 9.47 Å². The molecule has 0 unspecified atom stereocenters. The number of hydrogen-bond acceptors (Lipinski definition) is 3. The van der Waals surface area contributed by atoms with Gasteiger partial charge in [-0.2, -0.15) is 0 Å². The molecule has 0 fully saturated rings. The van der Waals surface area contributed by atoms with Crippen molar-refractivity contribution in [2.24, 2.45) is 0 Å². The molecule has 0 bridgehead atoms. The van der Waals surface area contributed by atoms with Gasteiger partial charge in [-0.25, -0.2) is 0 Å². The van der Waals surface area contributed by atoms with Gasteiger partial charge in [0, 0.05) is 22.9 Å². The van der Waals surface area contributed by atoms with E-state index in [1.807, 2.05) is 36.4 Å². The molecule has 0 spiro atoms. The van der Waals surface area contributed by atoms with Crippen LogP contribution in [0.3, 0.4) is 0 Å². The van der Waals surface area contributed by atoms with Crippen LogP contribution in [0.4, 0.5) is 0 Å². The number of pyridine rings is 1. The van der Waals surface area contributed by atoms with Crippen molar-refractivity contribution in [2.45, 2.75) is 0 Å². The standard InChI is InChI=1S/C19H13NO2S/c1-3-9-21-13-5-7-15-17(11-13)20-18-12-14(22-10-4-2)6-8-16(18)19(15)23/h1-2,5-8,11-12H,9-10H2,(H,20,23). The van der Waals surface area contributed by atoms with Crippen molar-refractivity contribution in [1.82, 2.24) is 4.98 Å². The van der Waals surface area contributed by atoms with Crippen molar-refractivity contribution in [1.29, 1.82) is 0 Å². The van der Waals surface area contributed by atoms with Crippen LogP contribution in [-0.2, 0) is 0 Å². The second kappa shape index (κ2) is 6.44. The Morgan fingerprint density at radius 1 is 0.870 bits per heavy atom. The van der Waals surface area contributed by atoms with Gasteiger partial charge in [0.25, 0.3) is 0 Å². The number of fused-ring (bicyclic) bond motifs is 2. The highest BCUT2D eigenvalue weighted by Crippen LogP contribution is 2.27. The first kappa shape index (κ1) is 15.0. The maximum Gasteiger partial charge on any atom is 0.148 e. The van der Waals surface area contributed by atoms with Gasteiger partial charge >= 0.3 is 0 Å². The normalized spacial score (nSPS) is 10.2. The topological polar surface area (TPSA) is 34.2 Å². The molecule has 112 valence electrons. The van der Waals surface area contributed by atoms with E-state index in [1.165, 1.54) is 0 Å². The summed E-state index contributed by atoms with van der Waals surface area (Å²) in [6.45, 7) is 0.452. The molecule has 3 nitrogen and oxygen atoms in total. The van der Waals surface area contributed by atoms with Crippen molar-refractivity contribution in [3.8, 4) is 36.2 Å². The zero-order valence-corrected chi connectivity index (χ0v) is 13.1. The Hall–Kier alpha value is -2.95. The van der Waals surface area contributed by atoms with Gasteiger partial charge in [-0.15, -0.1) is 12.8 Å². The lowest BCUT2D eigenvalue weighted by atomic mass is 10.1. The maximum absolute atomic E-state index is 5.59. The Labute approximate surface area is 139 Å². The molecular weight excluding hydrogens is 306 g/mol. The molecule has 4 heteroatoms. The lowest BCUT2D eigenvalue weighted by Gasteiger charge is -2.09. The number of benzene rings is 2. The van der Waals surface area contributed by atoms with Crippen LogP contribution in [0.25, 0.3) is 21.8 Å². The van der Waals surface area contributed by atoms with Crippen molar-refractivity contribution in [3.05, 3.63) is 40.9 Å². The number of H-pyrrole nitrogens is 1. The fourth-order valence-corrected chi connectivity index (χ4v) is 2.73. The van der Waals surface area contributed by atoms with E-state index in [2.05, 4.69) is 16.8 Å². The molecule has 3 aromatic rings. The van der Waals surface area contributed by atoms with Crippen molar-refractivity contribution in [3.63, 3.8) is 0 Å². The van der Waals surface area contributed by atoms with Gasteiger partial charge in [-0.3, -0.25) is 0 Å². The van der Waals surface area contributed by atoms with Crippen LogP contribution in [0.5, 0.6) is 11.5 Å². The van der Waals surface area contributed by atoms with Gasteiger partial charge in [-0.05, 0) is 24.3 Å². The van der Waals surface area contributed by atoms with Crippen LogP contribution in [-0.4, -0.2) is 18.2 Å². The average Bonchev–Trinajstić information content (AvgIpc) is 2.57. The van der Waals surface area contributed by atoms with E-state index in [4.69, 9.17) is 34.5 Å². The highest BCUT2D eigenvalue weighted by Gasteiger charge is 2.05. The summed E-state index contributed by atoms with van der Waals surface area (Å²) in [5, 5.41) is 1.91. The van der Waals surface area contributed by atoms with Gasteiger partial charge in [0.05, 0.1) is 15.5 Å². The monoisotopic (exact) mass is 319 g/mol. The average molecular weight is 319 g/mol. The summed E-state index contributed by atoms with van der Waals surface area (Å²) in [5.74, 6) is 6.28. The zero-order chi connectivity index (χ0) is 16.2. The first-order chi connectivity index (χ1) is 11.2. The molecule has 0 aliphatic heterocycles. The van der Waals surface area contributed by atoms with Crippen molar-refractivity contribution >= 4 is 34.0 Å². The Morgan fingerprint density at radius 2 is 1.35 bits per heavy atom. The number of aromatic amines is 1. The quantitative estimate of drug-likeness (QED) is 0.447. The van der Waals surface area contributed by atoms with E-state index >= 15 is 0 Å². The number of nitrogens with one attached hydrogen (secondary N) is 1. The summed E-state index contributed by atoms with van der Waals surface area (Å²) < 4.78 is 11.7. The van der Waals surface area contributed by atoms with Crippen LogP contribution in [0.1, 0.15) is 0 Å². The summed E-state index contributed by atoms with van der Waals surface area (Å²) >= 11 is 5.59. The van der Waals surface area contributed by atoms with Gasteiger partial charge in [0.15, 0.2) is 0 Å². The third-order valence-electron chi connectivity index (χ3n) is 3.38. The molecule has 1 heterocycles. The van der Waals surface area contributed by atoms with Crippen LogP contribution in [0.2, 0.25) is 0 Å². The minimum absolute atomic E-state index is 0.226. The molecule has 1 N–H and O–H groups in total. The zero-order valence-electron chi connectivity index (χ0n) is 12.3.